The van der Waals surface area contributed by atoms with Crippen molar-refractivity contribution in [1.82, 2.24) is 10.1 Å². The molecule has 1 aromatic carbocycles. The summed E-state index contributed by atoms with van der Waals surface area (Å²) in [7, 11) is 0. The number of para-hydroxylation sites is 1. The molecule has 0 radical (unpaired) electrons. The minimum absolute atomic E-state index is 0.273. The molecule has 2 heterocycles. The molecule has 0 saturated heterocycles. The first kappa shape index (κ1) is 10.5. The predicted octanol–water partition coefficient (Wildman–Crippen LogP) is 2.48. The maximum atomic E-state index is 12.0. The molecule has 0 aliphatic heterocycles. The van der Waals surface area contributed by atoms with Crippen molar-refractivity contribution in [2.45, 2.75) is 0 Å². The molecule has 0 saturated carbocycles. The number of amides is 1. The zero-order valence-corrected chi connectivity index (χ0v) is 9.33. The normalized spacial score (nSPS) is 10.4. The fourth-order valence-electron chi connectivity index (χ4n) is 1.68. The lowest BCUT2D eigenvalue weighted by atomic mass is 10.2. The van der Waals surface area contributed by atoms with E-state index in [2.05, 4.69) is 15.5 Å². The first-order chi connectivity index (χ1) is 8.84. The van der Waals surface area contributed by atoms with Crippen LogP contribution in [0.1, 0.15) is 10.5 Å². The number of hydrogen-bond donors (Lipinski definition) is 1. The topological polar surface area (TPSA) is 68.0 Å². The van der Waals surface area contributed by atoms with Crippen LogP contribution in [0.5, 0.6) is 0 Å². The molecule has 1 amide bonds. The van der Waals surface area contributed by atoms with E-state index in [0.29, 0.717) is 16.7 Å². The van der Waals surface area contributed by atoms with E-state index in [1.807, 2.05) is 12.1 Å². The van der Waals surface area contributed by atoms with Gasteiger partial charge in [0.2, 0.25) is 0 Å². The maximum Gasteiger partial charge on any atom is 0.278 e. The third kappa shape index (κ3) is 1.82. The van der Waals surface area contributed by atoms with Crippen molar-refractivity contribution in [2.75, 3.05) is 5.32 Å². The van der Waals surface area contributed by atoms with Crippen LogP contribution in [0.15, 0.2) is 53.3 Å². The van der Waals surface area contributed by atoms with Crippen molar-refractivity contribution in [3.63, 3.8) is 0 Å². The molecule has 0 spiro atoms. The van der Waals surface area contributed by atoms with Gasteiger partial charge in [-0.05, 0) is 24.3 Å². The molecule has 0 bridgehead atoms. The standard InChI is InChI=1S/C13H9N3O2/c17-13(15-9-4-3-7-14-8-9)12-10-5-1-2-6-11(10)18-16-12/h1-8H,(H,15,17). The Morgan fingerprint density at radius 2 is 2.06 bits per heavy atom. The first-order valence-electron chi connectivity index (χ1n) is 5.40. The second-order valence-corrected chi connectivity index (χ2v) is 3.72. The van der Waals surface area contributed by atoms with Crippen LogP contribution in [-0.4, -0.2) is 16.0 Å². The van der Waals surface area contributed by atoms with Crippen LogP contribution >= 0.6 is 0 Å². The third-order valence-electron chi connectivity index (χ3n) is 2.51. The summed E-state index contributed by atoms with van der Waals surface area (Å²) >= 11 is 0. The van der Waals surface area contributed by atoms with Crippen LogP contribution in [0.2, 0.25) is 0 Å². The Labute approximate surface area is 102 Å². The maximum absolute atomic E-state index is 12.0. The van der Waals surface area contributed by atoms with Crippen LogP contribution in [0.4, 0.5) is 5.69 Å². The fourth-order valence-corrected chi connectivity index (χ4v) is 1.68. The minimum atomic E-state index is -0.312. The predicted molar refractivity (Wildman–Crippen MR) is 66.2 cm³/mol. The van der Waals surface area contributed by atoms with Crippen molar-refractivity contribution >= 4 is 22.6 Å². The highest BCUT2D eigenvalue weighted by molar-refractivity contribution is 6.10. The fraction of sp³-hybridized carbons (Fsp3) is 0. The lowest BCUT2D eigenvalue weighted by Crippen LogP contribution is -2.12. The van der Waals surface area contributed by atoms with Gasteiger partial charge >= 0.3 is 0 Å². The molecule has 3 rings (SSSR count). The van der Waals surface area contributed by atoms with Gasteiger partial charge < -0.3 is 9.84 Å². The number of nitrogens with one attached hydrogen (secondary N) is 1. The summed E-state index contributed by atoms with van der Waals surface area (Å²) in [6, 6.07) is 10.7. The zero-order chi connectivity index (χ0) is 12.4. The lowest BCUT2D eigenvalue weighted by molar-refractivity contribution is 0.102. The third-order valence-corrected chi connectivity index (χ3v) is 2.51. The number of hydrogen-bond acceptors (Lipinski definition) is 4. The Balaban J connectivity index is 1.93. The van der Waals surface area contributed by atoms with Gasteiger partial charge in [-0.2, -0.15) is 0 Å². The van der Waals surface area contributed by atoms with Crippen LogP contribution in [0, 0.1) is 0 Å². The highest BCUT2D eigenvalue weighted by Crippen LogP contribution is 2.18. The Hall–Kier alpha value is -2.69. The minimum Gasteiger partial charge on any atom is -0.355 e. The van der Waals surface area contributed by atoms with E-state index in [1.54, 1.807) is 36.7 Å². The van der Waals surface area contributed by atoms with Crippen LogP contribution in [0.25, 0.3) is 11.0 Å². The van der Waals surface area contributed by atoms with E-state index in [-0.39, 0.29) is 11.6 Å². The quantitative estimate of drug-likeness (QED) is 0.745. The Morgan fingerprint density at radius 1 is 1.17 bits per heavy atom. The molecule has 5 nitrogen and oxygen atoms in total. The number of benzene rings is 1. The van der Waals surface area contributed by atoms with Gasteiger partial charge in [0.1, 0.15) is 0 Å². The average Bonchev–Trinajstić information content (AvgIpc) is 2.84. The molecule has 0 aliphatic rings. The molecule has 18 heavy (non-hydrogen) atoms. The van der Waals surface area contributed by atoms with Gasteiger partial charge in [-0.25, -0.2) is 0 Å². The number of aromatic nitrogens is 2. The van der Waals surface area contributed by atoms with Gasteiger partial charge in [0, 0.05) is 6.20 Å². The van der Waals surface area contributed by atoms with E-state index in [1.165, 1.54) is 0 Å². The van der Waals surface area contributed by atoms with Gasteiger partial charge in [0.05, 0.1) is 17.3 Å². The number of fused-ring (bicyclic) bond motifs is 1. The summed E-state index contributed by atoms with van der Waals surface area (Å²) in [5.41, 5.74) is 1.48. The van der Waals surface area contributed by atoms with Gasteiger partial charge in [0.25, 0.3) is 5.91 Å². The van der Waals surface area contributed by atoms with E-state index in [0.717, 1.165) is 0 Å². The van der Waals surface area contributed by atoms with Crippen LogP contribution in [0.3, 0.4) is 0 Å². The number of pyridine rings is 1. The molecule has 0 fully saturated rings. The monoisotopic (exact) mass is 239 g/mol. The SMILES string of the molecule is O=C(Nc1cccnc1)c1noc2ccccc12. The summed E-state index contributed by atoms with van der Waals surface area (Å²) in [5, 5.41) is 7.19. The van der Waals surface area contributed by atoms with E-state index >= 15 is 0 Å². The summed E-state index contributed by atoms with van der Waals surface area (Å²) < 4.78 is 5.08. The van der Waals surface area contributed by atoms with Crippen molar-refractivity contribution < 1.29 is 9.32 Å². The van der Waals surface area contributed by atoms with Crippen molar-refractivity contribution in [1.29, 1.82) is 0 Å². The Bertz CT molecular complexity index is 692. The summed E-state index contributed by atoms with van der Waals surface area (Å²) in [6.07, 6.45) is 3.21. The molecule has 3 aromatic rings. The van der Waals surface area contributed by atoms with Crippen LogP contribution < -0.4 is 5.32 Å². The molecular formula is C13H9N3O2. The van der Waals surface area contributed by atoms with E-state index in [9.17, 15) is 4.79 Å². The number of carbonyl (C=O) groups excluding carboxylic acids is 1. The highest BCUT2D eigenvalue weighted by atomic mass is 16.5. The molecule has 88 valence electrons. The number of nitrogens with zero attached hydrogens (tertiary/aromatic N) is 2. The summed E-state index contributed by atoms with van der Waals surface area (Å²) in [4.78, 5) is 16.0. The molecule has 5 heteroatoms. The van der Waals surface area contributed by atoms with Gasteiger partial charge in [-0.1, -0.05) is 17.3 Å². The molecule has 0 atom stereocenters. The Kier molecular flexibility index (Phi) is 2.49. The lowest BCUT2D eigenvalue weighted by Gasteiger charge is -2.01. The molecule has 0 unspecified atom stereocenters. The van der Waals surface area contributed by atoms with Crippen molar-refractivity contribution in [3.8, 4) is 0 Å². The van der Waals surface area contributed by atoms with Crippen molar-refractivity contribution in [2.24, 2.45) is 0 Å². The largest absolute Gasteiger partial charge is 0.355 e. The second kappa shape index (κ2) is 4.29. The number of carbonyl (C=O) groups is 1. The second-order valence-electron chi connectivity index (χ2n) is 3.72. The van der Waals surface area contributed by atoms with Crippen LogP contribution in [-0.2, 0) is 0 Å². The van der Waals surface area contributed by atoms with E-state index < -0.39 is 0 Å². The number of anilines is 1. The average molecular weight is 239 g/mol. The Morgan fingerprint density at radius 3 is 2.89 bits per heavy atom. The zero-order valence-electron chi connectivity index (χ0n) is 9.33. The highest BCUT2D eigenvalue weighted by Gasteiger charge is 2.15. The molecule has 2 aromatic heterocycles. The van der Waals surface area contributed by atoms with Gasteiger partial charge in [-0.3, -0.25) is 9.78 Å². The molecule has 1 N–H and O–H groups in total. The van der Waals surface area contributed by atoms with Gasteiger partial charge in [-0.15, -0.1) is 0 Å². The van der Waals surface area contributed by atoms with Crippen molar-refractivity contribution in [3.05, 3.63) is 54.5 Å². The van der Waals surface area contributed by atoms with E-state index in [4.69, 9.17) is 4.52 Å². The first-order valence-corrected chi connectivity index (χ1v) is 5.40. The van der Waals surface area contributed by atoms with Gasteiger partial charge in [0.15, 0.2) is 11.3 Å². The summed E-state index contributed by atoms with van der Waals surface area (Å²) in [5.74, 6) is -0.312. The smallest absolute Gasteiger partial charge is 0.278 e. The number of rotatable bonds is 2. The summed E-state index contributed by atoms with van der Waals surface area (Å²) in [6.45, 7) is 0. The molecule has 0 aliphatic carbocycles. The molecular weight excluding hydrogens is 230 g/mol.